The number of ether oxygens (including phenoxy) is 1. The summed E-state index contributed by atoms with van der Waals surface area (Å²) in [4.78, 5) is 9.83. The molecule has 15 heavy (non-hydrogen) atoms. The van der Waals surface area contributed by atoms with Crippen molar-refractivity contribution in [2.45, 2.75) is 0 Å². The molecule has 1 aromatic rings. The Balaban J connectivity index is 3.40. The normalized spacial score (nSPS) is 9.40. The molecule has 0 aliphatic carbocycles. The van der Waals surface area contributed by atoms with Gasteiger partial charge in [0, 0.05) is 0 Å². The van der Waals surface area contributed by atoms with E-state index in [0.717, 1.165) is 6.07 Å². The highest BCUT2D eigenvalue weighted by atomic mass is 32.2. The quantitative estimate of drug-likeness (QED) is 0.575. The van der Waals surface area contributed by atoms with Crippen molar-refractivity contribution in [2.75, 3.05) is 7.11 Å². The van der Waals surface area contributed by atoms with E-state index in [1.165, 1.54) is 19.2 Å². The van der Waals surface area contributed by atoms with E-state index in [1.54, 1.807) is 0 Å². The summed E-state index contributed by atoms with van der Waals surface area (Å²) in [5.74, 6) is 0.261. The van der Waals surface area contributed by atoms with Gasteiger partial charge in [-0.1, -0.05) is 0 Å². The van der Waals surface area contributed by atoms with Crippen LogP contribution in [0.5, 0.6) is 5.75 Å². The third-order valence-corrected chi connectivity index (χ3v) is 1.90. The van der Waals surface area contributed by atoms with Gasteiger partial charge in [-0.2, -0.15) is 8.42 Å². The molecule has 0 fully saturated rings. The lowest BCUT2D eigenvalue weighted by atomic mass is 10.2. The van der Waals surface area contributed by atoms with E-state index in [-0.39, 0.29) is 11.4 Å². The second-order valence-corrected chi connectivity index (χ2v) is 3.04. The minimum atomic E-state index is -2.72. The van der Waals surface area contributed by atoms with Crippen molar-refractivity contribution < 1.29 is 18.1 Å². The zero-order valence-electron chi connectivity index (χ0n) is 7.58. The Labute approximate surface area is 86.2 Å². The van der Waals surface area contributed by atoms with Crippen LogP contribution in [0.4, 0.5) is 11.4 Å². The number of hydrogen-bond acceptors (Lipinski definition) is 6. The first-order valence-electron chi connectivity index (χ1n) is 3.68. The molecule has 0 atom stereocenters. The van der Waals surface area contributed by atoms with Gasteiger partial charge in [0.2, 0.25) is 0 Å². The third-order valence-electron chi connectivity index (χ3n) is 1.55. The molecule has 1 aromatic carbocycles. The number of nitro groups is 1. The maximum Gasteiger partial charge on any atom is 0.316 e. The molecule has 8 heteroatoms. The molecule has 0 saturated heterocycles. The molecule has 0 aliphatic heterocycles. The summed E-state index contributed by atoms with van der Waals surface area (Å²) in [5.41, 5.74) is -0.646. The average Bonchev–Trinajstić information content (AvgIpc) is 2.17. The van der Waals surface area contributed by atoms with Crippen molar-refractivity contribution in [3.05, 3.63) is 28.3 Å². The van der Waals surface area contributed by atoms with Gasteiger partial charge in [0.05, 0.1) is 18.1 Å². The molecule has 80 valence electrons. The smallest absolute Gasteiger partial charge is 0.316 e. The zero-order valence-corrected chi connectivity index (χ0v) is 8.39. The largest absolute Gasteiger partial charge is 0.496 e. The van der Waals surface area contributed by atoms with Gasteiger partial charge < -0.3 is 4.74 Å². The van der Waals surface area contributed by atoms with Crippen molar-refractivity contribution in [3.63, 3.8) is 0 Å². The number of nitro benzene ring substituents is 1. The Morgan fingerprint density at radius 3 is 2.60 bits per heavy atom. The van der Waals surface area contributed by atoms with Crippen molar-refractivity contribution in [1.29, 1.82) is 0 Å². The highest BCUT2D eigenvalue weighted by Gasteiger charge is 2.14. The maximum atomic E-state index is 10.6. The average molecular weight is 230 g/mol. The van der Waals surface area contributed by atoms with Gasteiger partial charge >= 0.3 is 10.5 Å². The lowest BCUT2D eigenvalue weighted by molar-refractivity contribution is -0.384. The Morgan fingerprint density at radius 2 is 2.13 bits per heavy atom. The number of methoxy groups -OCH3 is 1. The van der Waals surface area contributed by atoms with E-state index in [0.29, 0.717) is 0 Å². The topological polar surface area (TPSA) is 98.9 Å². The summed E-state index contributed by atoms with van der Waals surface area (Å²) in [7, 11) is -1.37. The summed E-state index contributed by atoms with van der Waals surface area (Å²) < 4.78 is 28.4. The Bertz CT molecular complexity index is 514. The summed E-state index contributed by atoms with van der Waals surface area (Å²) in [5, 5.41) is 10.6. The van der Waals surface area contributed by atoms with E-state index in [9.17, 15) is 18.5 Å². The van der Waals surface area contributed by atoms with E-state index in [1.807, 2.05) is 0 Å². The number of nitrogens with zero attached hydrogens (tertiary/aromatic N) is 2. The van der Waals surface area contributed by atoms with Gasteiger partial charge in [-0.15, -0.1) is 4.36 Å². The van der Waals surface area contributed by atoms with Gasteiger partial charge in [-0.25, -0.2) is 0 Å². The zero-order chi connectivity index (χ0) is 11.4. The van der Waals surface area contributed by atoms with Gasteiger partial charge in [0.1, 0.15) is 5.75 Å². The minimum Gasteiger partial charge on any atom is -0.496 e. The molecule has 0 radical (unpaired) electrons. The highest BCUT2D eigenvalue weighted by Crippen LogP contribution is 2.30. The number of rotatable bonds is 3. The fourth-order valence-electron chi connectivity index (χ4n) is 0.934. The fraction of sp³-hybridized carbons (Fsp3) is 0.143. The van der Waals surface area contributed by atoms with Crippen LogP contribution in [-0.4, -0.2) is 20.5 Å². The number of hydrogen-bond donors (Lipinski definition) is 0. The van der Waals surface area contributed by atoms with Crippen molar-refractivity contribution in [1.82, 2.24) is 0 Å². The lowest BCUT2D eigenvalue weighted by Gasteiger charge is -1.99. The Kier molecular flexibility index (Phi) is 3.34. The lowest BCUT2D eigenvalue weighted by Crippen LogP contribution is -1.90. The van der Waals surface area contributed by atoms with Crippen LogP contribution in [0.3, 0.4) is 0 Å². The van der Waals surface area contributed by atoms with Crippen LogP contribution < -0.4 is 4.74 Å². The highest BCUT2D eigenvalue weighted by molar-refractivity contribution is 7.61. The van der Waals surface area contributed by atoms with Crippen LogP contribution in [0.2, 0.25) is 0 Å². The molecular weight excluding hydrogens is 224 g/mol. The van der Waals surface area contributed by atoms with E-state index >= 15 is 0 Å². The van der Waals surface area contributed by atoms with Crippen molar-refractivity contribution >= 4 is 21.9 Å². The first-order valence-corrected chi connectivity index (χ1v) is 4.71. The molecule has 0 N–H and O–H groups in total. The summed E-state index contributed by atoms with van der Waals surface area (Å²) in [6, 6.07) is 3.69. The van der Waals surface area contributed by atoms with E-state index in [4.69, 9.17) is 4.74 Å². The molecule has 1 rings (SSSR count). The van der Waals surface area contributed by atoms with Crippen LogP contribution >= 0.6 is 0 Å². The second-order valence-electron chi connectivity index (χ2n) is 2.42. The third kappa shape index (κ3) is 2.74. The van der Waals surface area contributed by atoms with Gasteiger partial charge in [-0.05, 0) is 12.1 Å². The molecule has 0 saturated carbocycles. The predicted octanol–water partition coefficient (Wildman–Crippen LogP) is 1.30. The first kappa shape index (κ1) is 11.1. The standard InChI is InChI=1S/C7H6N2O5S/c1-14-5-2-3-6(8-15(12)13)7(4-5)9(10)11/h2-4H,1H3. The predicted molar refractivity (Wildman–Crippen MR) is 50.7 cm³/mol. The SMILES string of the molecule is COc1ccc(N=S(=O)=O)c([N+](=O)[O-])c1. The van der Waals surface area contributed by atoms with Crippen LogP contribution in [-0.2, 0) is 10.5 Å². The molecule has 7 nitrogen and oxygen atoms in total. The van der Waals surface area contributed by atoms with Crippen molar-refractivity contribution in [2.24, 2.45) is 4.36 Å². The molecule has 0 amide bonds. The summed E-state index contributed by atoms with van der Waals surface area (Å²) >= 11 is 0. The molecule has 0 aliphatic rings. The van der Waals surface area contributed by atoms with Crippen LogP contribution in [0.15, 0.2) is 22.6 Å². The van der Waals surface area contributed by atoms with Crippen LogP contribution in [0, 0.1) is 10.1 Å². The maximum absolute atomic E-state index is 10.6. The molecule has 0 aromatic heterocycles. The Morgan fingerprint density at radius 1 is 1.47 bits per heavy atom. The van der Waals surface area contributed by atoms with E-state index in [2.05, 4.69) is 4.36 Å². The van der Waals surface area contributed by atoms with Crippen LogP contribution in [0.25, 0.3) is 0 Å². The van der Waals surface area contributed by atoms with Gasteiger partial charge in [0.25, 0.3) is 5.69 Å². The van der Waals surface area contributed by atoms with Gasteiger partial charge in [0.15, 0.2) is 5.69 Å². The first-order chi connectivity index (χ1) is 7.04. The number of benzene rings is 1. The van der Waals surface area contributed by atoms with Gasteiger partial charge in [-0.3, -0.25) is 10.1 Å². The monoisotopic (exact) mass is 230 g/mol. The Hall–Kier alpha value is -1.96. The molecule has 0 unspecified atom stereocenters. The summed E-state index contributed by atoms with van der Waals surface area (Å²) in [6.45, 7) is 0. The van der Waals surface area contributed by atoms with Crippen molar-refractivity contribution in [3.8, 4) is 5.75 Å². The van der Waals surface area contributed by atoms with Crippen LogP contribution in [0.1, 0.15) is 0 Å². The molecule has 0 spiro atoms. The minimum absolute atomic E-state index is 0.228. The molecule has 0 bridgehead atoms. The fourth-order valence-corrected chi connectivity index (χ4v) is 1.25. The molecule has 0 heterocycles. The summed E-state index contributed by atoms with van der Waals surface area (Å²) in [6.07, 6.45) is 0. The van der Waals surface area contributed by atoms with E-state index < -0.39 is 21.1 Å². The second kappa shape index (κ2) is 4.51. The molecular formula is C7H6N2O5S.